The fraction of sp³-hybridized carbons (Fsp3) is 0.118. The van der Waals surface area contributed by atoms with E-state index in [0.717, 1.165) is 10.9 Å². The SMILES string of the molecule is C[C@@H](Oc1ccc([N+](=O)[O-])cc1Cl)C(=O)c1c[nH]c2ccccc12. The Labute approximate surface area is 142 Å². The highest BCUT2D eigenvalue weighted by atomic mass is 35.5. The van der Waals surface area contributed by atoms with Gasteiger partial charge in [0.25, 0.3) is 5.69 Å². The van der Waals surface area contributed by atoms with Crippen molar-refractivity contribution in [3.05, 3.63) is 69.4 Å². The van der Waals surface area contributed by atoms with E-state index in [1.165, 1.54) is 18.2 Å². The quantitative estimate of drug-likeness (QED) is 0.423. The van der Waals surface area contributed by atoms with Crippen LogP contribution in [0.5, 0.6) is 5.75 Å². The summed E-state index contributed by atoms with van der Waals surface area (Å²) < 4.78 is 5.60. The molecule has 1 heterocycles. The van der Waals surface area contributed by atoms with Crippen LogP contribution in [-0.4, -0.2) is 21.8 Å². The first kappa shape index (κ1) is 16.0. The van der Waals surface area contributed by atoms with Gasteiger partial charge in [0.2, 0.25) is 5.78 Å². The molecule has 6 nitrogen and oxygen atoms in total. The van der Waals surface area contributed by atoms with Crippen molar-refractivity contribution in [2.75, 3.05) is 0 Å². The Morgan fingerprint density at radius 1 is 1.29 bits per heavy atom. The molecule has 0 aliphatic rings. The normalized spacial score (nSPS) is 12.1. The molecule has 0 aliphatic heterocycles. The highest BCUT2D eigenvalue weighted by molar-refractivity contribution is 6.32. The first-order valence-corrected chi connectivity index (χ1v) is 7.56. The Hall–Kier alpha value is -2.86. The number of fused-ring (bicyclic) bond motifs is 1. The number of hydrogen-bond acceptors (Lipinski definition) is 4. The first-order valence-electron chi connectivity index (χ1n) is 7.18. The van der Waals surface area contributed by atoms with Crippen LogP contribution in [-0.2, 0) is 0 Å². The second-order valence-electron chi connectivity index (χ2n) is 5.24. The number of H-pyrrole nitrogens is 1. The molecule has 0 aliphatic carbocycles. The van der Waals surface area contributed by atoms with E-state index in [1.807, 2.05) is 24.3 Å². The number of para-hydroxylation sites is 1. The molecule has 3 aromatic rings. The molecule has 1 atom stereocenters. The summed E-state index contributed by atoms with van der Waals surface area (Å²) >= 11 is 6.00. The van der Waals surface area contributed by atoms with Gasteiger partial charge in [-0.25, -0.2) is 0 Å². The Balaban J connectivity index is 1.83. The van der Waals surface area contributed by atoms with E-state index < -0.39 is 11.0 Å². The van der Waals surface area contributed by atoms with Crippen LogP contribution in [0.3, 0.4) is 0 Å². The predicted molar refractivity (Wildman–Crippen MR) is 90.8 cm³/mol. The van der Waals surface area contributed by atoms with Crippen molar-refractivity contribution in [2.45, 2.75) is 13.0 Å². The van der Waals surface area contributed by atoms with Crippen LogP contribution >= 0.6 is 11.6 Å². The van der Waals surface area contributed by atoms with Crippen molar-refractivity contribution < 1.29 is 14.5 Å². The molecule has 2 aromatic carbocycles. The van der Waals surface area contributed by atoms with Crippen LogP contribution in [0.4, 0.5) is 5.69 Å². The first-order chi connectivity index (χ1) is 11.5. The molecule has 24 heavy (non-hydrogen) atoms. The number of Topliss-reactive ketones (excluding diaryl/α,β-unsaturated/α-hetero) is 1. The van der Waals surface area contributed by atoms with Crippen LogP contribution < -0.4 is 4.74 Å². The minimum Gasteiger partial charge on any atom is -0.481 e. The van der Waals surface area contributed by atoms with E-state index in [0.29, 0.717) is 5.56 Å². The van der Waals surface area contributed by atoms with E-state index in [1.54, 1.807) is 13.1 Å². The van der Waals surface area contributed by atoms with Crippen LogP contribution in [0.1, 0.15) is 17.3 Å². The van der Waals surface area contributed by atoms with E-state index in [-0.39, 0.29) is 22.2 Å². The highest BCUT2D eigenvalue weighted by Gasteiger charge is 2.21. The summed E-state index contributed by atoms with van der Waals surface area (Å²) in [6.07, 6.45) is 0.854. The van der Waals surface area contributed by atoms with E-state index in [4.69, 9.17) is 16.3 Å². The molecule has 0 spiro atoms. The molecule has 0 saturated heterocycles. The number of halogens is 1. The van der Waals surface area contributed by atoms with Crippen molar-refractivity contribution >= 4 is 34.0 Å². The van der Waals surface area contributed by atoms with Crippen molar-refractivity contribution in [3.63, 3.8) is 0 Å². The lowest BCUT2D eigenvalue weighted by Crippen LogP contribution is -2.23. The summed E-state index contributed by atoms with van der Waals surface area (Å²) in [6.45, 7) is 1.61. The summed E-state index contributed by atoms with van der Waals surface area (Å²) in [5, 5.41) is 11.6. The van der Waals surface area contributed by atoms with Gasteiger partial charge in [-0.1, -0.05) is 29.8 Å². The van der Waals surface area contributed by atoms with Crippen LogP contribution in [0.2, 0.25) is 5.02 Å². The van der Waals surface area contributed by atoms with Gasteiger partial charge in [-0.3, -0.25) is 14.9 Å². The van der Waals surface area contributed by atoms with Crippen molar-refractivity contribution in [2.24, 2.45) is 0 Å². The number of nitro groups is 1. The number of ketones is 1. The Bertz CT molecular complexity index is 935. The minimum absolute atomic E-state index is 0.0859. The van der Waals surface area contributed by atoms with Gasteiger partial charge >= 0.3 is 0 Å². The van der Waals surface area contributed by atoms with Crippen LogP contribution in [0.15, 0.2) is 48.7 Å². The molecule has 7 heteroatoms. The molecule has 0 fully saturated rings. The maximum absolute atomic E-state index is 12.6. The summed E-state index contributed by atoms with van der Waals surface area (Å²) in [5.41, 5.74) is 1.25. The number of ether oxygens (including phenoxy) is 1. The van der Waals surface area contributed by atoms with Crippen molar-refractivity contribution in [1.82, 2.24) is 4.98 Å². The van der Waals surface area contributed by atoms with Gasteiger partial charge in [0.15, 0.2) is 6.10 Å². The molecule has 0 unspecified atom stereocenters. The van der Waals surface area contributed by atoms with E-state index >= 15 is 0 Å². The van der Waals surface area contributed by atoms with Gasteiger partial charge in [-0.15, -0.1) is 0 Å². The second kappa shape index (κ2) is 6.33. The van der Waals surface area contributed by atoms with Crippen LogP contribution in [0, 0.1) is 10.1 Å². The largest absolute Gasteiger partial charge is 0.481 e. The van der Waals surface area contributed by atoms with Gasteiger partial charge in [0.05, 0.1) is 9.95 Å². The number of benzene rings is 2. The van der Waals surface area contributed by atoms with Crippen LogP contribution in [0.25, 0.3) is 10.9 Å². The number of nitro benzene ring substituents is 1. The van der Waals surface area contributed by atoms with E-state index in [9.17, 15) is 14.9 Å². The summed E-state index contributed by atoms with van der Waals surface area (Å²) in [5.74, 6) is 0.0184. The van der Waals surface area contributed by atoms with Gasteiger partial charge in [0, 0.05) is 34.8 Å². The average molecular weight is 345 g/mol. The average Bonchev–Trinajstić information content (AvgIpc) is 2.99. The minimum atomic E-state index is -0.789. The fourth-order valence-electron chi connectivity index (χ4n) is 2.44. The molecule has 0 amide bonds. The maximum atomic E-state index is 12.6. The number of nitrogens with one attached hydrogen (secondary N) is 1. The smallest absolute Gasteiger partial charge is 0.271 e. The molecular formula is C17H13ClN2O4. The number of hydrogen-bond donors (Lipinski definition) is 1. The molecular weight excluding hydrogens is 332 g/mol. The number of carbonyl (C=O) groups is 1. The number of rotatable bonds is 5. The number of aromatic amines is 1. The summed E-state index contributed by atoms with van der Waals surface area (Å²) in [7, 11) is 0. The lowest BCUT2D eigenvalue weighted by atomic mass is 10.1. The topological polar surface area (TPSA) is 85.2 Å². The standard InChI is InChI=1S/C17H13ClN2O4/c1-10(24-16-7-6-11(20(22)23)8-14(16)18)17(21)13-9-19-15-5-3-2-4-12(13)15/h2-10,19H,1H3/t10-/m1/s1. The molecule has 0 radical (unpaired) electrons. The molecule has 122 valence electrons. The van der Waals surface area contributed by atoms with Gasteiger partial charge in [-0.2, -0.15) is 0 Å². The van der Waals surface area contributed by atoms with Gasteiger partial charge in [0.1, 0.15) is 5.75 Å². The third-order valence-corrected chi connectivity index (χ3v) is 3.95. The lowest BCUT2D eigenvalue weighted by Gasteiger charge is -2.14. The Morgan fingerprint density at radius 2 is 2.04 bits per heavy atom. The third-order valence-electron chi connectivity index (χ3n) is 3.65. The van der Waals surface area contributed by atoms with Crippen molar-refractivity contribution in [3.8, 4) is 5.75 Å². The highest BCUT2D eigenvalue weighted by Crippen LogP contribution is 2.30. The van der Waals surface area contributed by atoms with Crippen molar-refractivity contribution in [1.29, 1.82) is 0 Å². The molecule has 0 bridgehead atoms. The Kier molecular flexibility index (Phi) is 4.22. The fourth-order valence-corrected chi connectivity index (χ4v) is 2.66. The summed E-state index contributed by atoms with van der Waals surface area (Å²) in [6, 6.07) is 11.3. The number of nitrogens with zero attached hydrogens (tertiary/aromatic N) is 1. The zero-order valence-electron chi connectivity index (χ0n) is 12.7. The zero-order chi connectivity index (χ0) is 17.3. The molecule has 0 saturated carbocycles. The maximum Gasteiger partial charge on any atom is 0.271 e. The van der Waals surface area contributed by atoms with Gasteiger partial charge < -0.3 is 9.72 Å². The number of aromatic nitrogens is 1. The summed E-state index contributed by atoms with van der Waals surface area (Å²) in [4.78, 5) is 25.8. The number of carbonyl (C=O) groups excluding carboxylic acids is 1. The van der Waals surface area contributed by atoms with E-state index in [2.05, 4.69) is 4.98 Å². The second-order valence-corrected chi connectivity index (χ2v) is 5.65. The van der Waals surface area contributed by atoms with Gasteiger partial charge in [-0.05, 0) is 19.1 Å². The lowest BCUT2D eigenvalue weighted by molar-refractivity contribution is -0.384. The Morgan fingerprint density at radius 3 is 2.75 bits per heavy atom. The number of non-ortho nitro benzene ring substituents is 1. The molecule has 1 N–H and O–H groups in total. The monoisotopic (exact) mass is 344 g/mol. The zero-order valence-corrected chi connectivity index (χ0v) is 13.4. The third kappa shape index (κ3) is 2.96. The molecule has 1 aromatic heterocycles. The predicted octanol–water partition coefficient (Wildman–Crippen LogP) is 4.38. The molecule has 3 rings (SSSR count).